The van der Waals surface area contributed by atoms with Crippen LogP contribution in [0.1, 0.15) is 13.3 Å². The second kappa shape index (κ2) is 5.83. The van der Waals surface area contributed by atoms with Gasteiger partial charge in [-0.25, -0.2) is 9.79 Å². The Balaban J connectivity index is 2.23. The quantitative estimate of drug-likeness (QED) is 0.784. The summed E-state index contributed by atoms with van der Waals surface area (Å²) in [7, 11) is 0. The number of benzene rings is 1. The molecule has 0 radical (unpaired) electrons. The maximum absolute atomic E-state index is 12.0. The van der Waals surface area contributed by atoms with Crippen molar-refractivity contribution in [1.82, 2.24) is 4.90 Å². The fourth-order valence-electron chi connectivity index (χ4n) is 1.67. The third-order valence-electron chi connectivity index (χ3n) is 2.56. The van der Waals surface area contributed by atoms with E-state index in [0.717, 1.165) is 0 Å². The number of amides is 3. The summed E-state index contributed by atoms with van der Waals surface area (Å²) >= 11 is 5.74. The van der Waals surface area contributed by atoms with Crippen LogP contribution in [0.4, 0.5) is 10.5 Å². The number of carbonyl (C=O) groups excluding carboxylic acids is 3. The minimum atomic E-state index is -0.969. The van der Waals surface area contributed by atoms with Gasteiger partial charge in [0.2, 0.25) is 5.91 Å². The van der Waals surface area contributed by atoms with Crippen LogP contribution in [0.25, 0.3) is 0 Å². The van der Waals surface area contributed by atoms with E-state index in [2.05, 4.69) is 9.73 Å². The molecule has 1 aliphatic heterocycles. The maximum Gasteiger partial charge on any atom is 0.423 e. The van der Waals surface area contributed by atoms with Crippen LogP contribution in [-0.2, 0) is 14.3 Å². The van der Waals surface area contributed by atoms with E-state index < -0.39 is 17.9 Å². The van der Waals surface area contributed by atoms with Gasteiger partial charge in [-0.3, -0.25) is 9.59 Å². The number of likely N-dealkylation sites (tertiary alicyclic amines) is 1. The minimum absolute atomic E-state index is 0.00498. The standard InChI is InChI=1S/C13H11ClN2O4/c1-2-20-13(19)16-11(17)7-10(12(16)18)15-9-5-3-8(14)4-6-9/h3-6H,2,7H2,1H3. The van der Waals surface area contributed by atoms with Crippen LogP contribution < -0.4 is 0 Å². The van der Waals surface area contributed by atoms with E-state index in [0.29, 0.717) is 15.6 Å². The Labute approximate surface area is 120 Å². The number of hydrogen-bond acceptors (Lipinski definition) is 5. The van der Waals surface area contributed by atoms with Crippen LogP contribution >= 0.6 is 11.6 Å². The molecule has 1 aromatic rings. The van der Waals surface area contributed by atoms with E-state index in [4.69, 9.17) is 11.6 Å². The summed E-state index contributed by atoms with van der Waals surface area (Å²) in [5, 5.41) is 0.538. The number of nitrogens with zero attached hydrogens (tertiary/aromatic N) is 2. The Kier molecular flexibility index (Phi) is 4.14. The van der Waals surface area contributed by atoms with Crippen LogP contribution in [0.2, 0.25) is 5.02 Å². The van der Waals surface area contributed by atoms with Gasteiger partial charge in [0, 0.05) is 5.02 Å². The predicted molar refractivity (Wildman–Crippen MR) is 72.0 cm³/mol. The van der Waals surface area contributed by atoms with Gasteiger partial charge in [0.1, 0.15) is 5.71 Å². The SMILES string of the molecule is CCOC(=O)N1C(=O)CC(=Nc2ccc(Cl)cc2)C1=O. The van der Waals surface area contributed by atoms with Gasteiger partial charge in [0.25, 0.3) is 5.91 Å². The Bertz CT molecular complexity index is 595. The maximum atomic E-state index is 12.0. The third kappa shape index (κ3) is 2.85. The summed E-state index contributed by atoms with van der Waals surface area (Å²) in [5.41, 5.74) is 0.488. The Morgan fingerprint density at radius 1 is 1.35 bits per heavy atom. The lowest BCUT2D eigenvalue weighted by atomic mass is 10.3. The lowest BCUT2D eigenvalue weighted by Gasteiger charge is -2.09. The smallest absolute Gasteiger partial charge is 0.423 e. The van der Waals surface area contributed by atoms with Gasteiger partial charge in [-0.05, 0) is 31.2 Å². The topological polar surface area (TPSA) is 76.0 Å². The number of imide groups is 3. The van der Waals surface area contributed by atoms with Gasteiger partial charge in [0.05, 0.1) is 18.7 Å². The number of carbonyl (C=O) groups is 3. The highest BCUT2D eigenvalue weighted by molar-refractivity contribution is 6.51. The molecule has 3 amide bonds. The summed E-state index contributed by atoms with van der Waals surface area (Å²) in [4.78, 5) is 39.6. The number of halogens is 1. The van der Waals surface area contributed by atoms with E-state index >= 15 is 0 Å². The van der Waals surface area contributed by atoms with E-state index in [1.807, 2.05) is 0 Å². The highest BCUT2D eigenvalue weighted by Crippen LogP contribution is 2.20. The normalized spacial score (nSPS) is 16.9. The Morgan fingerprint density at radius 2 is 2.00 bits per heavy atom. The average Bonchev–Trinajstić information content (AvgIpc) is 2.67. The zero-order valence-electron chi connectivity index (χ0n) is 10.6. The van der Waals surface area contributed by atoms with Crippen molar-refractivity contribution >= 4 is 40.9 Å². The van der Waals surface area contributed by atoms with Crippen molar-refractivity contribution in [2.24, 2.45) is 4.99 Å². The summed E-state index contributed by atoms with van der Waals surface area (Å²) < 4.78 is 4.65. The van der Waals surface area contributed by atoms with Gasteiger partial charge >= 0.3 is 6.09 Å². The zero-order chi connectivity index (χ0) is 14.7. The van der Waals surface area contributed by atoms with Crippen molar-refractivity contribution in [2.75, 3.05) is 6.61 Å². The first-order valence-electron chi connectivity index (χ1n) is 5.90. The molecule has 0 bridgehead atoms. The zero-order valence-corrected chi connectivity index (χ0v) is 11.4. The first-order valence-corrected chi connectivity index (χ1v) is 6.28. The van der Waals surface area contributed by atoms with Crippen LogP contribution in [0.15, 0.2) is 29.3 Å². The highest BCUT2D eigenvalue weighted by atomic mass is 35.5. The van der Waals surface area contributed by atoms with Crippen LogP contribution in [0.3, 0.4) is 0 Å². The molecule has 0 saturated carbocycles. The lowest BCUT2D eigenvalue weighted by molar-refractivity contribution is -0.134. The van der Waals surface area contributed by atoms with Crippen molar-refractivity contribution in [3.8, 4) is 0 Å². The molecule has 0 aliphatic carbocycles. The average molecular weight is 295 g/mol. The molecule has 6 nitrogen and oxygen atoms in total. The lowest BCUT2D eigenvalue weighted by Crippen LogP contribution is -2.37. The van der Waals surface area contributed by atoms with Crippen LogP contribution in [-0.4, -0.2) is 35.1 Å². The Hall–Kier alpha value is -2.21. The van der Waals surface area contributed by atoms with Gasteiger partial charge < -0.3 is 4.74 Å². The summed E-state index contributed by atoms with van der Waals surface area (Å²) in [5.74, 6) is -1.38. The van der Waals surface area contributed by atoms with E-state index in [1.165, 1.54) is 0 Å². The number of hydrogen-bond donors (Lipinski definition) is 0. The van der Waals surface area contributed by atoms with Gasteiger partial charge in [-0.15, -0.1) is 0 Å². The van der Waals surface area contributed by atoms with Crippen LogP contribution in [0.5, 0.6) is 0 Å². The molecule has 1 heterocycles. The third-order valence-corrected chi connectivity index (χ3v) is 2.81. The number of rotatable bonds is 2. The van der Waals surface area contributed by atoms with E-state index in [9.17, 15) is 14.4 Å². The van der Waals surface area contributed by atoms with Crippen molar-refractivity contribution in [2.45, 2.75) is 13.3 Å². The summed E-state index contributed by atoms with van der Waals surface area (Å²) in [6.45, 7) is 1.67. The van der Waals surface area contributed by atoms with E-state index in [1.54, 1.807) is 31.2 Å². The molecular weight excluding hydrogens is 284 g/mol. The fourth-order valence-corrected chi connectivity index (χ4v) is 1.80. The van der Waals surface area contributed by atoms with Gasteiger partial charge in [-0.1, -0.05) is 11.6 Å². The molecule has 1 aliphatic rings. The number of ether oxygens (including phenoxy) is 1. The molecular formula is C13H11ClN2O4. The molecule has 20 heavy (non-hydrogen) atoms. The molecule has 1 fully saturated rings. The molecule has 1 saturated heterocycles. The monoisotopic (exact) mass is 294 g/mol. The molecule has 7 heteroatoms. The van der Waals surface area contributed by atoms with Crippen molar-refractivity contribution in [3.05, 3.63) is 29.3 Å². The van der Waals surface area contributed by atoms with E-state index in [-0.39, 0.29) is 18.7 Å². The molecule has 0 atom stereocenters. The molecule has 0 unspecified atom stereocenters. The largest absolute Gasteiger partial charge is 0.449 e. The fraction of sp³-hybridized carbons (Fsp3) is 0.231. The first kappa shape index (κ1) is 14.2. The molecule has 2 rings (SSSR count). The second-order valence-corrected chi connectivity index (χ2v) is 4.38. The van der Waals surface area contributed by atoms with Crippen molar-refractivity contribution in [1.29, 1.82) is 0 Å². The number of aliphatic imine (C=N–C) groups is 1. The minimum Gasteiger partial charge on any atom is -0.449 e. The molecule has 0 N–H and O–H groups in total. The Morgan fingerprint density at radius 3 is 2.60 bits per heavy atom. The van der Waals surface area contributed by atoms with Gasteiger partial charge in [-0.2, -0.15) is 4.90 Å². The second-order valence-electron chi connectivity index (χ2n) is 3.94. The molecule has 104 valence electrons. The van der Waals surface area contributed by atoms with Crippen LogP contribution in [0, 0.1) is 0 Å². The highest BCUT2D eigenvalue weighted by Gasteiger charge is 2.40. The predicted octanol–water partition coefficient (Wildman–Crippen LogP) is 2.33. The summed E-state index contributed by atoms with van der Waals surface area (Å²) in [6, 6.07) is 6.46. The molecule has 0 spiro atoms. The summed E-state index contributed by atoms with van der Waals surface area (Å²) in [6.07, 6.45) is -1.19. The first-order chi connectivity index (χ1) is 9.52. The van der Waals surface area contributed by atoms with Gasteiger partial charge in [0.15, 0.2) is 0 Å². The van der Waals surface area contributed by atoms with Crippen molar-refractivity contribution in [3.63, 3.8) is 0 Å². The van der Waals surface area contributed by atoms with Crippen molar-refractivity contribution < 1.29 is 19.1 Å². The molecule has 1 aromatic carbocycles. The molecule has 0 aromatic heterocycles.